The molecule has 0 aromatic carbocycles. The lowest BCUT2D eigenvalue weighted by molar-refractivity contribution is -0.133. The molecule has 3 heterocycles. The van der Waals surface area contributed by atoms with Crippen LogP contribution in [-0.4, -0.2) is 106 Å². The fourth-order valence-corrected chi connectivity index (χ4v) is 4.91. The predicted molar refractivity (Wildman–Crippen MR) is 97.0 cm³/mol. The zero-order valence-corrected chi connectivity index (χ0v) is 16.3. The van der Waals surface area contributed by atoms with Crippen LogP contribution in [0.4, 0.5) is 0 Å². The average molecular weight is 388 g/mol. The van der Waals surface area contributed by atoms with E-state index in [-0.39, 0.29) is 29.9 Å². The minimum atomic E-state index is -3.30. The fourth-order valence-electron chi connectivity index (χ4n) is 4.14. The van der Waals surface area contributed by atoms with E-state index in [0.717, 1.165) is 32.4 Å². The third-order valence-electron chi connectivity index (χ3n) is 5.55. The van der Waals surface area contributed by atoms with Gasteiger partial charge in [-0.1, -0.05) is 0 Å². The Hall–Kier alpha value is -1.23. The van der Waals surface area contributed by atoms with Gasteiger partial charge in [0.25, 0.3) is 0 Å². The second-order valence-electron chi connectivity index (χ2n) is 7.66. The molecule has 0 bridgehead atoms. The predicted octanol–water partition coefficient (Wildman–Crippen LogP) is -1.97. The molecule has 0 aromatic heterocycles. The van der Waals surface area contributed by atoms with Gasteiger partial charge in [-0.2, -0.15) is 0 Å². The Labute approximate surface area is 155 Å². The Morgan fingerprint density at radius 2 is 1.96 bits per heavy atom. The second kappa shape index (κ2) is 7.79. The van der Waals surface area contributed by atoms with Crippen LogP contribution in [0.3, 0.4) is 0 Å². The normalized spacial score (nSPS) is 30.9. The number of sulfonamides is 1. The van der Waals surface area contributed by atoms with Crippen LogP contribution in [0.5, 0.6) is 0 Å². The van der Waals surface area contributed by atoms with Crippen molar-refractivity contribution in [3.05, 3.63) is 0 Å². The molecule has 0 aliphatic carbocycles. The Morgan fingerprint density at radius 3 is 2.62 bits per heavy atom. The first-order chi connectivity index (χ1) is 12.2. The van der Waals surface area contributed by atoms with Gasteiger partial charge in [-0.25, -0.2) is 13.1 Å². The fraction of sp³-hybridized carbons (Fsp3) is 0.875. The van der Waals surface area contributed by atoms with Crippen molar-refractivity contribution in [3.8, 4) is 0 Å². The number of amides is 2. The largest absolute Gasteiger partial charge is 0.353 e. The first-order valence-electron chi connectivity index (χ1n) is 9.20. The molecule has 0 spiro atoms. The molecule has 3 aliphatic heterocycles. The first-order valence-corrected chi connectivity index (χ1v) is 11.1. The standard InChI is InChI=1S/C16H29N5O4S/c1-19-5-7-20(8-6-19)15(22)4-3-13-10-17-16(23)14-9-12(11-21(13)14)18-26(2,24)25/h12-14,18H,3-11H2,1-2H3,(H,17,23). The van der Waals surface area contributed by atoms with E-state index < -0.39 is 10.0 Å². The van der Waals surface area contributed by atoms with Gasteiger partial charge in [0.15, 0.2) is 0 Å². The molecule has 2 amide bonds. The average Bonchev–Trinajstić information content (AvgIpc) is 2.97. The lowest BCUT2D eigenvalue weighted by Gasteiger charge is -2.38. The SMILES string of the molecule is CN1CCN(C(=O)CCC2CNC(=O)C3CC(NS(C)(=O)=O)CN23)CC1. The summed E-state index contributed by atoms with van der Waals surface area (Å²) in [6.45, 7) is 4.36. The molecule has 3 atom stereocenters. The van der Waals surface area contributed by atoms with Crippen molar-refractivity contribution in [1.29, 1.82) is 0 Å². The molecule has 0 radical (unpaired) electrons. The molecule has 26 heavy (non-hydrogen) atoms. The van der Waals surface area contributed by atoms with Gasteiger partial charge in [0.1, 0.15) is 0 Å². The number of rotatable bonds is 5. The third kappa shape index (κ3) is 4.73. The Bertz CT molecular complexity index is 647. The number of fused-ring (bicyclic) bond motifs is 1. The van der Waals surface area contributed by atoms with Crippen LogP contribution in [0.1, 0.15) is 19.3 Å². The van der Waals surface area contributed by atoms with Crippen molar-refractivity contribution in [3.63, 3.8) is 0 Å². The highest BCUT2D eigenvalue weighted by Gasteiger charge is 2.44. The highest BCUT2D eigenvalue weighted by Crippen LogP contribution is 2.26. The molecule has 0 saturated carbocycles. The summed E-state index contributed by atoms with van der Waals surface area (Å²) in [5.74, 6) is 0.112. The number of hydrogen-bond acceptors (Lipinski definition) is 6. The van der Waals surface area contributed by atoms with Gasteiger partial charge in [-0.3, -0.25) is 14.5 Å². The highest BCUT2D eigenvalue weighted by atomic mass is 32.2. The molecule has 9 nitrogen and oxygen atoms in total. The third-order valence-corrected chi connectivity index (χ3v) is 6.31. The minimum Gasteiger partial charge on any atom is -0.353 e. The molecular weight excluding hydrogens is 358 g/mol. The van der Waals surface area contributed by atoms with Gasteiger partial charge in [0.2, 0.25) is 21.8 Å². The summed E-state index contributed by atoms with van der Waals surface area (Å²) >= 11 is 0. The maximum atomic E-state index is 12.5. The van der Waals surface area contributed by atoms with Crippen molar-refractivity contribution in [2.75, 3.05) is 52.6 Å². The van der Waals surface area contributed by atoms with Crippen LogP contribution < -0.4 is 10.0 Å². The van der Waals surface area contributed by atoms with E-state index >= 15 is 0 Å². The number of hydrogen-bond donors (Lipinski definition) is 2. The van der Waals surface area contributed by atoms with E-state index in [1.807, 2.05) is 4.90 Å². The van der Waals surface area contributed by atoms with Crippen LogP contribution >= 0.6 is 0 Å². The van der Waals surface area contributed by atoms with E-state index in [9.17, 15) is 18.0 Å². The maximum Gasteiger partial charge on any atom is 0.237 e. The molecule has 3 saturated heterocycles. The van der Waals surface area contributed by atoms with Gasteiger partial charge < -0.3 is 15.1 Å². The van der Waals surface area contributed by atoms with Gasteiger partial charge in [0.05, 0.1) is 12.3 Å². The second-order valence-corrected chi connectivity index (χ2v) is 9.44. The number of carbonyl (C=O) groups excluding carboxylic acids is 2. The van der Waals surface area contributed by atoms with Crippen molar-refractivity contribution >= 4 is 21.8 Å². The summed E-state index contributed by atoms with van der Waals surface area (Å²) in [6, 6.07) is -0.498. The van der Waals surface area contributed by atoms with Crippen LogP contribution in [-0.2, 0) is 19.6 Å². The molecule has 3 rings (SSSR count). The molecule has 2 N–H and O–H groups in total. The zero-order chi connectivity index (χ0) is 18.9. The zero-order valence-electron chi connectivity index (χ0n) is 15.5. The first kappa shape index (κ1) is 19.5. The Kier molecular flexibility index (Phi) is 5.85. The van der Waals surface area contributed by atoms with E-state index in [4.69, 9.17) is 0 Å². The summed E-state index contributed by atoms with van der Waals surface area (Å²) in [5.41, 5.74) is 0. The lowest BCUT2D eigenvalue weighted by atomic mass is 10.0. The summed E-state index contributed by atoms with van der Waals surface area (Å²) in [6.07, 6.45) is 2.74. The monoisotopic (exact) mass is 387 g/mol. The number of nitrogens with one attached hydrogen (secondary N) is 2. The number of nitrogens with zero attached hydrogens (tertiary/aromatic N) is 3. The van der Waals surface area contributed by atoms with E-state index in [1.165, 1.54) is 0 Å². The van der Waals surface area contributed by atoms with Crippen LogP contribution in [0.15, 0.2) is 0 Å². The molecule has 3 fully saturated rings. The quantitative estimate of drug-likeness (QED) is 0.568. The molecular formula is C16H29N5O4S. The minimum absolute atomic E-state index is 0.0514. The van der Waals surface area contributed by atoms with E-state index in [0.29, 0.717) is 32.4 Å². The summed E-state index contributed by atoms with van der Waals surface area (Å²) in [7, 11) is -1.25. The smallest absolute Gasteiger partial charge is 0.237 e. The molecule has 148 valence electrons. The van der Waals surface area contributed by atoms with Crippen molar-refractivity contribution in [2.24, 2.45) is 0 Å². The van der Waals surface area contributed by atoms with Crippen molar-refractivity contribution < 1.29 is 18.0 Å². The Morgan fingerprint density at radius 1 is 1.27 bits per heavy atom. The van der Waals surface area contributed by atoms with Crippen molar-refractivity contribution in [1.82, 2.24) is 24.7 Å². The molecule has 0 aromatic rings. The molecule has 10 heteroatoms. The highest BCUT2D eigenvalue weighted by molar-refractivity contribution is 7.88. The number of likely N-dealkylation sites (N-methyl/N-ethyl adjacent to an activating group) is 1. The lowest BCUT2D eigenvalue weighted by Crippen LogP contribution is -2.58. The number of piperazine rings is 2. The van der Waals surface area contributed by atoms with E-state index in [1.54, 1.807) is 0 Å². The summed E-state index contributed by atoms with van der Waals surface area (Å²) in [5, 5.41) is 2.91. The topological polar surface area (TPSA) is 102 Å². The number of carbonyl (C=O) groups is 2. The molecule has 3 aliphatic rings. The summed E-state index contributed by atoms with van der Waals surface area (Å²) < 4.78 is 25.6. The van der Waals surface area contributed by atoms with Gasteiger partial charge in [-0.15, -0.1) is 0 Å². The maximum absolute atomic E-state index is 12.5. The van der Waals surface area contributed by atoms with Crippen molar-refractivity contribution in [2.45, 2.75) is 37.4 Å². The summed E-state index contributed by atoms with van der Waals surface area (Å²) in [4.78, 5) is 30.8. The van der Waals surface area contributed by atoms with E-state index in [2.05, 4.69) is 26.9 Å². The van der Waals surface area contributed by atoms with Crippen LogP contribution in [0.2, 0.25) is 0 Å². The van der Waals surface area contributed by atoms with Crippen LogP contribution in [0.25, 0.3) is 0 Å². The van der Waals surface area contributed by atoms with Crippen LogP contribution in [0, 0.1) is 0 Å². The molecule has 3 unspecified atom stereocenters. The van der Waals surface area contributed by atoms with Gasteiger partial charge >= 0.3 is 0 Å². The van der Waals surface area contributed by atoms with Gasteiger partial charge in [-0.05, 0) is 19.9 Å². The van der Waals surface area contributed by atoms with Gasteiger partial charge in [0, 0.05) is 57.8 Å². The Balaban J connectivity index is 1.55.